The predicted octanol–water partition coefficient (Wildman–Crippen LogP) is 4.68. The average Bonchev–Trinajstić information content (AvgIpc) is 2.93. The molecule has 1 heterocycles. The van der Waals surface area contributed by atoms with Gasteiger partial charge in [-0.1, -0.05) is 18.2 Å². The van der Waals surface area contributed by atoms with Crippen molar-refractivity contribution in [2.24, 2.45) is 0 Å². The number of halogens is 1. The van der Waals surface area contributed by atoms with Gasteiger partial charge in [0.2, 0.25) is 17.7 Å². The summed E-state index contributed by atoms with van der Waals surface area (Å²) in [7, 11) is 1.57. The number of para-hydroxylation sites is 2. The van der Waals surface area contributed by atoms with Gasteiger partial charge in [-0.2, -0.15) is 0 Å². The maximum Gasteiger partial charge on any atom is 0.247 e. The molecule has 7 nitrogen and oxygen atoms in total. The number of nitrogens with zero attached hydrogens (tertiary/aromatic N) is 3. The van der Waals surface area contributed by atoms with E-state index in [1.165, 1.54) is 28.0 Å². The van der Waals surface area contributed by atoms with Crippen molar-refractivity contribution in [2.75, 3.05) is 28.4 Å². The normalized spacial score (nSPS) is 13.5. The largest absolute Gasteiger partial charge is 0.497 e. The number of benzene rings is 3. The molecule has 0 radical (unpaired) electrons. The topological polar surface area (TPSA) is 70.2 Å². The minimum absolute atomic E-state index is 0.182. The van der Waals surface area contributed by atoms with E-state index in [2.05, 4.69) is 0 Å². The molecule has 3 amide bonds. The smallest absolute Gasteiger partial charge is 0.247 e. The van der Waals surface area contributed by atoms with Gasteiger partial charge in [0.15, 0.2) is 0 Å². The SMILES string of the molecule is COc1ccc(N(C(=O)CN2C(=O)CC(=O)N(c3cccc(F)c3)c3ccccc32)C(C)C)cc1. The molecule has 1 aliphatic heterocycles. The fourth-order valence-corrected chi connectivity index (χ4v) is 4.21. The van der Waals surface area contributed by atoms with E-state index in [-0.39, 0.29) is 18.5 Å². The summed E-state index contributed by atoms with van der Waals surface area (Å²) in [6, 6.07) is 19.4. The zero-order valence-corrected chi connectivity index (χ0v) is 19.8. The van der Waals surface area contributed by atoms with E-state index in [0.29, 0.717) is 28.5 Å². The maximum atomic E-state index is 14.0. The lowest BCUT2D eigenvalue weighted by molar-refractivity contribution is -0.127. The van der Waals surface area contributed by atoms with Gasteiger partial charge >= 0.3 is 0 Å². The highest BCUT2D eigenvalue weighted by Gasteiger charge is 2.34. The number of ether oxygens (including phenoxy) is 1. The minimum Gasteiger partial charge on any atom is -0.497 e. The van der Waals surface area contributed by atoms with Crippen LogP contribution in [-0.4, -0.2) is 37.4 Å². The van der Waals surface area contributed by atoms with Crippen LogP contribution in [0.4, 0.5) is 27.1 Å². The number of carbonyl (C=O) groups is 3. The standard InChI is InChI=1S/C27H26FN3O4/c1-18(2)30(20-11-13-22(35-3)14-12-20)27(34)17-29-23-9-4-5-10-24(23)31(26(33)16-25(29)32)21-8-6-7-19(28)15-21/h4-15,18H,16-17H2,1-3H3. The Balaban J connectivity index is 1.71. The quantitative estimate of drug-likeness (QED) is 0.486. The molecule has 0 saturated heterocycles. The van der Waals surface area contributed by atoms with E-state index >= 15 is 0 Å². The number of rotatable bonds is 6. The second-order valence-electron chi connectivity index (χ2n) is 8.41. The second kappa shape index (κ2) is 9.97. The van der Waals surface area contributed by atoms with Crippen LogP contribution in [-0.2, 0) is 14.4 Å². The van der Waals surface area contributed by atoms with Crippen LogP contribution in [0.2, 0.25) is 0 Å². The van der Waals surface area contributed by atoms with Crippen LogP contribution < -0.4 is 19.4 Å². The lowest BCUT2D eigenvalue weighted by Crippen LogP contribution is -2.46. The Morgan fingerprint density at radius 1 is 0.971 bits per heavy atom. The number of hydrogen-bond donors (Lipinski definition) is 0. The van der Waals surface area contributed by atoms with Crippen LogP contribution >= 0.6 is 0 Å². The number of carbonyl (C=O) groups excluding carboxylic acids is 3. The van der Waals surface area contributed by atoms with E-state index in [9.17, 15) is 18.8 Å². The monoisotopic (exact) mass is 475 g/mol. The first-order valence-corrected chi connectivity index (χ1v) is 11.2. The summed E-state index contributed by atoms with van der Waals surface area (Å²) in [6.45, 7) is 3.51. The average molecular weight is 476 g/mol. The van der Waals surface area contributed by atoms with E-state index in [1.807, 2.05) is 13.8 Å². The van der Waals surface area contributed by atoms with Gasteiger partial charge in [-0.05, 0) is 68.4 Å². The van der Waals surface area contributed by atoms with Crippen molar-refractivity contribution in [1.82, 2.24) is 0 Å². The molecule has 3 aromatic rings. The maximum absolute atomic E-state index is 14.0. The first-order valence-electron chi connectivity index (χ1n) is 11.2. The zero-order valence-electron chi connectivity index (χ0n) is 19.8. The molecule has 0 N–H and O–H groups in total. The van der Waals surface area contributed by atoms with Crippen molar-refractivity contribution < 1.29 is 23.5 Å². The lowest BCUT2D eigenvalue weighted by atomic mass is 10.2. The Bertz CT molecular complexity index is 1260. The zero-order chi connectivity index (χ0) is 25.1. The molecule has 0 bridgehead atoms. The third-order valence-corrected chi connectivity index (χ3v) is 5.76. The van der Waals surface area contributed by atoms with Crippen LogP contribution in [0.1, 0.15) is 20.3 Å². The molecule has 1 aliphatic rings. The van der Waals surface area contributed by atoms with Gasteiger partial charge in [-0.3, -0.25) is 19.3 Å². The van der Waals surface area contributed by atoms with Crippen LogP contribution in [0, 0.1) is 5.82 Å². The second-order valence-corrected chi connectivity index (χ2v) is 8.41. The number of amides is 3. The Morgan fingerprint density at radius 3 is 2.29 bits per heavy atom. The summed E-state index contributed by atoms with van der Waals surface area (Å²) in [5, 5.41) is 0. The molecule has 0 unspecified atom stereocenters. The molecule has 0 aromatic heterocycles. The highest BCUT2D eigenvalue weighted by Crippen LogP contribution is 2.38. The van der Waals surface area contributed by atoms with Crippen molar-refractivity contribution in [2.45, 2.75) is 26.3 Å². The van der Waals surface area contributed by atoms with Crippen molar-refractivity contribution in [3.63, 3.8) is 0 Å². The third kappa shape index (κ3) is 4.87. The minimum atomic E-state index is -0.506. The van der Waals surface area contributed by atoms with Crippen LogP contribution in [0.3, 0.4) is 0 Å². The molecular weight excluding hydrogens is 449 g/mol. The van der Waals surface area contributed by atoms with Crippen LogP contribution in [0.15, 0.2) is 72.8 Å². The molecule has 0 fully saturated rings. The predicted molar refractivity (Wildman–Crippen MR) is 133 cm³/mol. The van der Waals surface area contributed by atoms with Gasteiger partial charge in [0, 0.05) is 11.7 Å². The van der Waals surface area contributed by atoms with Crippen molar-refractivity contribution in [3.8, 4) is 5.75 Å². The van der Waals surface area contributed by atoms with Gasteiger partial charge in [-0.25, -0.2) is 4.39 Å². The van der Waals surface area contributed by atoms with E-state index < -0.39 is 24.1 Å². The highest BCUT2D eigenvalue weighted by atomic mass is 19.1. The fourth-order valence-electron chi connectivity index (χ4n) is 4.21. The van der Waals surface area contributed by atoms with Gasteiger partial charge in [0.25, 0.3) is 0 Å². The summed E-state index contributed by atoms with van der Waals surface area (Å²) in [5.41, 5.74) is 1.78. The summed E-state index contributed by atoms with van der Waals surface area (Å²) in [6.07, 6.45) is -0.456. The van der Waals surface area contributed by atoms with E-state index in [1.54, 1.807) is 66.6 Å². The molecule has 0 spiro atoms. The van der Waals surface area contributed by atoms with Gasteiger partial charge < -0.3 is 14.5 Å². The van der Waals surface area contributed by atoms with Crippen LogP contribution in [0.25, 0.3) is 0 Å². The van der Waals surface area contributed by atoms with Crippen molar-refractivity contribution >= 4 is 40.5 Å². The Morgan fingerprint density at radius 2 is 1.66 bits per heavy atom. The third-order valence-electron chi connectivity index (χ3n) is 5.76. The number of anilines is 4. The molecule has 4 rings (SSSR count). The molecule has 180 valence electrons. The van der Waals surface area contributed by atoms with E-state index in [4.69, 9.17) is 4.74 Å². The number of hydrogen-bond acceptors (Lipinski definition) is 4. The molecule has 0 saturated carbocycles. The van der Waals surface area contributed by atoms with Gasteiger partial charge in [0.05, 0.1) is 24.2 Å². The van der Waals surface area contributed by atoms with Crippen molar-refractivity contribution in [3.05, 3.63) is 78.6 Å². The summed E-state index contributed by atoms with van der Waals surface area (Å²) in [4.78, 5) is 44.1. The Hall–Kier alpha value is -4.20. The lowest BCUT2D eigenvalue weighted by Gasteiger charge is -2.30. The molecule has 8 heteroatoms. The molecular formula is C27H26FN3O4. The first-order chi connectivity index (χ1) is 16.8. The molecule has 0 aliphatic carbocycles. The molecule has 35 heavy (non-hydrogen) atoms. The number of methoxy groups -OCH3 is 1. The molecule has 3 aromatic carbocycles. The fraction of sp³-hybridized carbons (Fsp3) is 0.222. The summed E-state index contributed by atoms with van der Waals surface area (Å²) in [5.74, 6) is -1.15. The van der Waals surface area contributed by atoms with Gasteiger partial charge in [0.1, 0.15) is 24.5 Å². The highest BCUT2D eigenvalue weighted by molar-refractivity contribution is 6.19. The number of fused-ring (bicyclic) bond motifs is 1. The van der Waals surface area contributed by atoms with Gasteiger partial charge in [-0.15, -0.1) is 0 Å². The summed E-state index contributed by atoms with van der Waals surface area (Å²) < 4.78 is 19.2. The first kappa shape index (κ1) is 23.9. The van der Waals surface area contributed by atoms with Crippen molar-refractivity contribution in [1.29, 1.82) is 0 Å². The van der Waals surface area contributed by atoms with E-state index in [0.717, 1.165) is 0 Å². The van der Waals surface area contributed by atoms with Crippen LogP contribution in [0.5, 0.6) is 5.75 Å². The molecule has 0 atom stereocenters. The summed E-state index contributed by atoms with van der Waals surface area (Å²) >= 11 is 0. The Labute approximate surface area is 203 Å². The Kier molecular flexibility index (Phi) is 6.82.